The van der Waals surface area contributed by atoms with Crippen LogP contribution in [0.4, 0.5) is 0 Å². The van der Waals surface area contributed by atoms with Gasteiger partial charge in [-0.2, -0.15) is 0 Å². The molecule has 4 unspecified atom stereocenters. The van der Waals surface area contributed by atoms with Crippen molar-refractivity contribution < 1.29 is 18.0 Å². The van der Waals surface area contributed by atoms with E-state index in [1.54, 1.807) is 7.11 Å². The molecule has 0 bridgehead atoms. The van der Waals surface area contributed by atoms with Crippen molar-refractivity contribution in [3.63, 3.8) is 0 Å². The van der Waals surface area contributed by atoms with E-state index in [1.165, 1.54) is 25.7 Å². The fourth-order valence-electron chi connectivity index (χ4n) is 2.80. The predicted molar refractivity (Wildman–Crippen MR) is 71.4 cm³/mol. The Morgan fingerprint density at radius 3 is 2.72 bits per heavy atom. The van der Waals surface area contributed by atoms with Crippen LogP contribution in [-0.4, -0.2) is 41.3 Å². The third-order valence-corrected chi connectivity index (χ3v) is 6.29. The van der Waals surface area contributed by atoms with Gasteiger partial charge in [0.2, 0.25) is 0 Å². The molecule has 4 atom stereocenters. The van der Waals surface area contributed by atoms with E-state index < -0.39 is 8.80 Å². The van der Waals surface area contributed by atoms with Gasteiger partial charge in [0.25, 0.3) is 0 Å². The van der Waals surface area contributed by atoms with E-state index in [2.05, 4.69) is 0 Å². The molecule has 0 spiro atoms. The zero-order chi connectivity index (χ0) is 13.0. The summed E-state index contributed by atoms with van der Waals surface area (Å²) in [6, 6.07) is 0. The molecule has 1 saturated heterocycles. The van der Waals surface area contributed by atoms with Crippen LogP contribution in [0.1, 0.15) is 39.0 Å². The van der Waals surface area contributed by atoms with Crippen molar-refractivity contribution >= 4 is 8.80 Å². The van der Waals surface area contributed by atoms with Crippen LogP contribution in [-0.2, 0) is 18.0 Å². The van der Waals surface area contributed by atoms with E-state index in [4.69, 9.17) is 18.0 Å². The second-order valence-electron chi connectivity index (χ2n) is 5.38. The van der Waals surface area contributed by atoms with E-state index in [1.807, 2.05) is 13.5 Å². The zero-order valence-electron chi connectivity index (χ0n) is 11.8. The highest BCUT2D eigenvalue weighted by molar-refractivity contribution is 6.59. The van der Waals surface area contributed by atoms with Gasteiger partial charge < -0.3 is 18.0 Å². The summed E-state index contributed by atoms with van der Waals surface area (Å²) in [4.78, 5) is 0. The number of hydrogen-bond acceptors (Lipinski definition) is 4. The predicted octanol–water partition coefficient (Wildman–Crippen LogP) is 2.60. The lowest BCUT2D eigenvalue weighted by atomic mass is 9.86. The molecular weight excluding hydrogens is 248 g/mol. The number of hydrogen-bond donors (Lipinski definition) is 0. The summed E-state index contributed by atoms with van der Waals surface area (Å²) in [6.07, 6.45) is 7.39. The summed E-state index contributed by atoms with van der Waals surface area (Å²) in [5, 5.41) is 0. The number of rotatable bonds is 8. The number of epoxide rings is 1. The molecule has 2 aliphatic rings. The summed E-state index contributed by atoms with van der Waals surface area (Å²) in [5.41, 5.74) is 0. The normalized spacial score (nSPS) is 33.8. The van der Waals surface area contributed by atoms with Gasteiger partial charge in [-0.15, -0.1) is 0 Å². The third kappa shape index (κ3) is 4.03. The molecule has 0 aromatic heterocycles. The summed E-state index contributed by atoms with van der Waals surface area (Å²) in [6.45, 7) is 5.34. The van der Waals surface area contributed by atoms with Gasteiger partial charge in [0.15, 0.2) is 0 Å². The third-order valence-electron chi connectivity index (χ3n) is 4.01. The fraction of sp³-hybridized carbons (Fsp3) is 1.00. The molecule has 5 heteroatoms. The van der Waals surface area contributed by atoms with Crippen LogP contribution in [0.3, 0.4) is 0 Å². The average molecular weight is 274 g/mol. The van der Waals surface area contributed by atoms with Gasteiger partial charge in [-0.05, 0) is 44.9 Å². The number of ether oxygens (including phenoxy) is 1. The second kappa shape index (κ2) is 6.48. The molecule has 4 nitrogen and oxygen atoms in total. The lowest BCUT2D eigenvalue weighted by molar-refractivity contribution is 0.0856. The molecule has 0 aromatic rings. The summed E-state index contributed by atoms with van der Waals surface area (Å²) < 4.78 is 22.3. The van der Waals surface area contributed by atoms with Crippen LogP contribution in [0.5, 0.6) is 0 Å². The maximum absolute atomic E-state index is 5.81. The molecule has 18 heavy (non-hydrogen) atoms. The van der Waals surface area contributed by atoms with Gasteiger partial charge in [-0.1, -0.05) is 0 Å². The molecule has 1 aliphatic heterocycles. The van der Waals surface area contributed by atoms with Gasteiger partial charge in [-0.25, -0.2) is 0 Å². The first-order valence-electron chi connectivity index (χ1n) is 7.15. The molecular formula is C13H26O4Si. The van der Waals surface area contributed by atoms with Crippen LogP contribution in [0.25, 0.3) is 0 Å². The Morgan fingerprint density at radius 1 is 1.22 bits per heavy atom. The fourth-order valence-corrected chi connectivity index (χ4v) is 4.16. The largest absolute Gasteiger partial charge is 0.497 e. The van der Waals surface area contributed by atoms with E-state index >= 15 is 0 Å². The maximum atomic E-state index is 5.81. The molecule has 0 N–H and O–H groups in total. The summed E-state index contributed by atoms with van der Waals surface area (Å²) in [5.74, 6) is 0.833. The Bertz CT molecular complexity index is 263. The Kier molecular flexibility index (Phi) is 5.21. The van der Waals surface area contributed by atoms with Gasteiger partial charge in [-0.3, -0.25) is 0 Å². The molecule has 0 amide bonds. The molecule has 2 rings (SSSR count). The summed E-state index contributed by atoms with van der Waals surface area (Å²) in [7, 11) is -0.666. The van der Waals surface area contributed by atoms with Crippen molar-refractivity contribution in [1.82, 2.24) is 0 Å². The lowest BCUT2D eigenvalue weighted by Crippen LogP contribution is -2.41. The van der Waals surface area contributed by atoms with E-state index in [0.717, 1.165) is 18.9 Å². The minimum Gasteiger partial charge on any atom is -0.377 e. The Morgan fingerprint density at radius 2 is 2.06 bits per heavy atom. The van der Waals surface area contributed by atoms with Gasteiger partial charge in [0.05, 0.1) is 12.2 Å². The van der Waals surface area contributed by atoms with Gasteiger partial charge >= 0.3 is 8.80 Å². The molecule has 1 aliphatic carbocycles. The lowest BCUT2D eigenvalue weighted by Gasteiger charge is -2.24. The zero-order valence-corrected chi connectivity index (χ0v) is 12.8. The first kappa shape index (κ1) is 14.5. The molecule has 1 heterocycles. The monoisotopic (exact) mass is 274 g/mol. The standard InChI is InChI=1S/C13H26O4Si/c1-4-15-18(3,14-2)16-9-5-6-11-7-8-12-13(10-11)17-12/h11-13H,4-10H2,1-3H3. The van der Waals surface area contributed by atoms with Gasteiger partial charge in [0, 0.05) is 26.9 Å². The topological polar surface area (TPSA) is 40.2 Å². The van der Waals surface area contributed by atoms with Crippen molar-refractivity contribution in [2.75, 3.05) is 20.3 Å². The van der Waals surface area contributed by atoms with Crippen molar-refractivity contribution in [1.29, 1.82) is 0 Å². The van der Waals surface area contributed by atoms with Crippen LogP contribution in [0.2, 0.25) is 6.55 Å². The Hall–Kier alpha value is 0.0569. The Labute approximate surface area is 111 Å². The smallest absolute Gasteiger partial charge is 0.377 e. The molecule has 2 fully saturated rings. The minimum absolute atomic E-state index is 0.590. The quantitative estimate of drug-likeness (QED) is 0.387. The highest BCUT2D eigenvalue weighted by Gasteiger charge is 2.43. The first-order valence-corrected chi connectivity index (χ1v) is 9.38. The first-order chi connectivity index (χ1) is 8.67. The van der Waals surface area contributed by atoms with Crippen molar-refractivity contribution in [3.05, 3.63) is 0 Å². The molecule has 1 saturated carbocycles. The van der Waals surface area contributed by atoms with Crippen molar-refractivity contribution in [3.8, 4) is 0 Å². The highest BCUT2D eigenvalue weighted by atomic mass is 28.4. The highest BCUT2D eigenvalue weighted by Crippen LogP contribution is 2.40. The molecule has 0 radical (unpaired) electrons. The number of fused-ring (bicyclic) bond motifs is 1. The second-order valence-corrected chi connectivity index (χ2v) is 8.09. The minimum atomic E-state index is -2.34. The van der Waals surface area contributed by atoms with E-state index in [-0.39, 0.29) is 0 Å². The maximum Gasteiger partial charge on any atom is 0.497 e. The van der Waals surface area contributed by atoms with Crippen LogP contribution < -0.4 is 0 Å². The van der Waals surface area contributed by atoms with E-state index in [9.17, 15) is 0 Å². The van der Waals surface area contributed by atoms with Crippen molar-refractivity contribution in [2.45, 2.75) is 57.8 Å². The Balaban J connectivity index is 1.57. The average Bonchev–Trinajstić information content (AvgIpc) is 3.13. The van der Waals surface area contributed by atoms with Crippen LogP contribution in [0.15, 0.2) is 0 Å². The molecule has 0 aromatic carbocycles. The van der Waals surface area contributed by atoms with Crippen molar-refractivity contribution in [2.24, 2.45) is 5.92 Å². The van der Waals surface area contributed by atoms with Crippen LogP contribution in [0, 0.1) is 5.92 Å². The SMILES string of the molecule is CCO[Si](C)(OC)OCCCC1CCC2OC2C1. The van der Waals surface area contributed by atoms with Gasteiger partial charge in [0.1, 0.15) is 0 Å². The van der Waals surface area contributed by atoms with E-state index in [0.29, 0.717) is 18.8 Å². The van der Waals surface area contributed by atoms with Crippen LogP contribution >= 0.6 is 0 Å². The molecule has 106 valence electrons. The summed E-state index contributed by atoms with van der Waals surface area (Å²) >= 11 is 0.